The minimum atomic E-state index is -0.471. The summed E-state index contributed by atoms with van der Waals surface area (Å²) in [5.74, 6) is 0.796. The molecule has 1 aromatic carbocycles. The zero-order valence-electron chi connectivity index (χ0n) is 12.3. The number of amides is 1. The molecule has 0 aliphatic rings. The van der Waals surface area contributed by atoms with E-state index in [4.69, 9.17) is 10.5 Å². The molecule has 2 atom stereocenters. The van der Waals surface area contributed by atoms with Crippen LogP contribution in [0, 0.1) is 5.92 Å². The van der Waals surface area contributed by atoms with E-state index in [0.717, 1.165) is 17.7 Å². The van der Waals surface area contributed by atoms with E-state index < -0.39 is 6.04 Å². The van der Waals surface area contributed by atoms with Crippen molar-refractivity contribution in [3.63, 3.8) is 0 Å². The van der Waals surface area contributed by atoms with Crippen molar-refractivity contribution >= 4 is 5.91 Å². The summed E-state index contributed by atoms with van der Waals surface area (Å²) in [5.41, 5.74) is 6.83. The average Bonchev–Trinajstić information content (AvgIpc) is 2.49. The third-order valence-electron chi connectivity index (χ3n) is 3.34. The van der Waals surface area contributed by atoms with Crippen LogP contribution in [0.25, 0.3) is 0 Å². The van der Waals surface area contributed by atoms with Gasteiger partial charge >= 0.3 is 0 Å². The van der Waals surface area contributed by atoms with Crippen molar-refractivity contribution in [2.75, 3.05) is 6.61 Å². The van der Waals surface area contributed by atoms with Crippen molar-refractivity contribution in [1.29, 1.82) is 0 Å². The number of hydrogen-bond acceptors (Lipinski definition) is 3. The van der Waals surface area contributed by atoms with E-state index in [1.165, 1.54) is 0 Å². The molecular weight excluding hydrogens is 252 g/mol. The Morgan fingerprint density at radius 1 is 1.50 bits per heavy atom. The average molecular weight is 276 g/mol. The molecule has 4 heteroatoms. The maximum absolute atomic E-state index is 11.9. The van der Waals surface area contributed by atoms with Crippen molar-refractivity contribution in [2.45, 2.75) is 32.9 Å². The summed E-state index contributed by atoms with van der Waals surface area (Å²) in [6.45, 7) is 8.48. The Morgan fingerprint density at radius 3 is 2.85 bits per heavy atom. The quantitative estimate of drug-likeness (QED) is 0.716. The molecule has 0 radical (unpaired) electrons. The second kappa shape index (κ2) is 8.38. The number of nitrogens with one attached hydrogen (secondary N) is 1. The summed E-state index contributed by atoms with van der Waals surface area (Å²) in [6.07, 6.45) is 2.57. The third kappa shape index (κ3) is 4.70. The van der Waals surface area contributed by atoms with Crippen LogP contribution < -0.4 is 15.8 Å². The van der Waals surface area contributed by atoms with Gasteiger partial charge in [-0.15, -0.1) is 0 Å². The number of rotatable bonds is 8. The van der Waals surface area contributed by atoms with E-state index >= 15 is 0 Å². The number of para-hydroxylation sites is 1. The molecule has 0 aliphatic carbocycles. The Hall–Kier alpha value is -1.81. The summed E-state index contributed by atoms with van der Waals surface area (Å²) < 4.78 is 5.55. The fourth-order valence-electron chi connectivity index (χ4n) is 1.75. The summed E-state index contributed by atoms with van der Waals surface area (Å²) in [6, 6.07) is 7.14. The molecule has 0 spiro atoms. The van der Waals surface area contributed by atoms with Gasteiger partial charge in [0.1, 0.15) is 12.4 Å². The van der Waals surface area contributed by atoms with Gasteiger partial charge in [-0.25, -0.2) is 0 Å². The lowest BCUT2D eigenvalue weighted by Crippen LogP contribution is -2.44. The SMILES string of the molecule is C=CCOc1ccccc1CNC(=O)C(N)C(C)CC. The monoisotopic (exact) mass is 276 g/mol. The Kier molecular flexibility index (Phi) is 6.81. The Bertz CT molecular complexity index is 446. The lowest BCUT2D eigenvalue weighted by Gasteiger charge is -2.18. The molecular formula is C16H24N2O2. The van der Waals surface area contributed by atoms with Gasteiger partial charge in [-0.1, -0.05) is 51.1 Å². The van der Waals surface area contributed by atoms with Crippen LogP contribution in [0.2, 0.25) is 0 Å². The van der Waals surface area contributed by atoms with Crippen molar-refractivity contribution < 1.29 is 9.53 Å². The van der Waals surface area contributed by atoms with Crippen LogP contribution in [0.15, 0.2) is 36.9 Å². The van der Waals surface area contributed by atoms with Gasteiger partial charge < -0.3 is 15.8 Å². The number of nitrogens with two attached hydrogens (primary N) is 1. The second-order valence-corrected chi connectivity index (χ2v) is 4.84. The third-order valence-corrected chi connectivity index (χ3v) is 3.34. The summed E-state index contributed by atoms with van der Waals surface area (Å²) in [4.78, 5) is 11.9. The van der Waals surface area contributed by atoms with Crippen molar-refractivity contribution in [3.05, 3.63) is 42.5 Å². The normalized spacial score (nSPS) is 13.3. The smallest absolute Gasteiger partial charge is 0.237 e. The van der Waals surface area contributed by atoms with Crippen LogP contribution in [0.3, 0.4) is 0 Å². The van der Waals surface area contributed by atoms with Gasteiger partial charge in [-0.3, -0.25) is 4.79 Å². The van der Waals surface area contributed by atoms with E-state index in [0.29, 0.717) is 13.2 Å². The van der Waals surface area contributed by atoms with Crippen LogP contribution >= 0.6 is 0 Å². The molecule has 2 unspecified atom stereocenters. The van der Waals surface area contributed by atoms with Gasteiger partial charge in [0.25, 0.3) is 0 Å². The second-order valence-electron chi connectivity index (χ2n) is 4.84. The summed E-state index contributed by atoms with van der Waals surface area (Å²) in [5, 5.41) is 2.86. The van der Waals surface area contributed by atoms with E-state index in [2.05, 4.69) is 11.9 Å². The predicted molar refractivity (Wildman–Crippen MR) is 81.4 cm³/mol. The van der Waals surface area contributed by atoms with Crippen LogP contribution in [-0.2, 0) is 11.3 Å². The van der Waals surface area contributed by atoms with Gasteiger partial charge in [0, 0.05) is 12.1 Å². The largest absolute Gasteiger partial charge is 0.489 e. The lowest BCUT2D eigenvalue weighted by atomic mass is 9.99. The molecule has 0 saturated heterocycles. The topological polar surface area (TPSA) is 64.3 Å². The highest BCUT2D eigenvalue weighted by Crippen LogP contribution is 2.17. The molecule has 4 nitrogen and oxygen atoms in total. The Labute approximate surface area is 121 Å². The van der Waals surface area contributed by atoms with E-state index in [9.17, 15) is 4.79 Å². The fourth-order valence-corrected chi connectivity index (χ4v) is 1.75. The predicted octanol–water partition coefficient (Wildman–Crippen LogP) is 2.24. The Balaban J connectivity index is 2.61. The standard InChI is InChI=1S/C16H24N2O2/c1-4-10-20-14-9-7-6-8-13(14)11-18-16(19)15(17)12(3)5-2/h4,6-9,12,15H,1,5,10-11,17H2,2-3H3,(H,18,19). The minimum Gasteiger partial charge on any atom is -0.489 e. The first-order chi connectivity index (χ1) is 9.60. The molecule has 20 heavy (non-hydrogen) atoms. The van der Waals surface area contributed by atoms with Gasteiger partial charge in [0.15, 0.2) is 0 Å². The van der Waals surface area contributed by atoms with Gasteiger partial charge in [0.2, 0.25) is 5.91 Å². The van der Waals surface area contributed by atoms with Gasteiger partial charge in [-0.2, -0.15) is 0 Å². The molecule has 110 valence electrons. The van der Waals surface area contributed by atoms with E-state index in [1.54, 1.807) is 6.08 Å². The highest BCUT2D eigenvalue weighted by atomic mass is 16.5. The maximum Gasteiger partial charge on any atom is 0.237 e. The molecule has 0 aromatic heterocycles. The number of carbonyl (C=O) groups is 1. The Morgan fingerprint density at radius 2 is 2.20 bits per heavy atom. The van der Waals surface area contributed by atoms with Crippen LogP contribution in [0.4, 0.5) is 0 Å². The zero-order chi connectivity index (χ0) is 15.0. The van der Waals surface area contributed by atoms with E-state index in [1.807, 2.05) is 38.1 Å². The van der Waals surface area contributed by atoms with E-state index in [-0.39, 0.29) is 11.8 Å². The number of ether oxygens (including phenoxy) is 1. The molecule has 1 amide bonds. The van der Waals surface area contributed by atoms with Crippen molar-refractivity contribution in [1.82, 2.24) is 5.32 Å². The van der Waals surface area contributed by atoms with Crippen LogP contribution in [0.1, 0.15) is 25.8 Å². The highest BCUT2D eigenvalue weighted by Gasteiger charge is 2.19. The maximum atomic E-state index is 11.9. The first kappa shape index (κ1) is 16.2. The lowest BCUT2D eigenvalue weighted by molar-refractivity contribution is -0.123. The number of hydrogen-bond donors (Lipinski definition) is 2. The molecule has 1 aromatic rings. The number of benzene rings is 1. The summed E-state index contributed by atoms with van der Waals surface area (Å²) in [7, 11) is 0. The van der Waals surface area contributed by atoms with Gasteiger partial charge in [-0.05, 0) is 12.0 Å². The number of carbonyl (C=O) groups excluding carboxylic acids is 1. The first-order valence-corrected chi connectivity index (χ1v) is 6.95. The van der Waals surface area contributed by atoms with Crippen molar-refractivity contribution in [2.24, 2.45) is 11.7 Å². The zero-order valence-corrected chi connectivity index (χ0v) is 12.3. The van der Waals surface area contributed by atoms with Crippen LogP contribution in [-0.4, -0.2) is 18.6 Å². The molecule has 0 bridgehead atoms. The van der Waals surface area contributed by atoms with Gasteiger partial charge in [0.05, 0.1) is 6.04 Å². The molecule has 0 heterocycles. The molecule has 1 rings (SSSR count). The first-order valence-electron chi connectivity index (χ1n) is 6.95. The summed E-state index contributed by atoms with van der Waals surface area (Å²) >= 11 is 0. The molecule has 0 aliphatic heterocycles. The van der Waals surface area contributed by atoms with Crippen molar-refractivity contribution in [3.8, 4) is 5.75 Å². The molecule has 0 saturated carbocycles. The molecule has 3 N–H and O–H groups in total. The van der Waals surface area contributed by atoms with Crippen LogP contribution in [0.5, 0.6) is 5.75 Å². The fraction of sp³-hybridized carbons (Fsp3) is 0.438. The highest BCUT2D eigenvalue weighted by molar-refractivity contribution is 5.81. The minimum absolute atomic E-state index is 0.127. The molecule has 0 fully saturated rings.